The van der Waals surface area contributed by atoms with Gasteiger partial charge in [-0.2, -0.15) is 5.10 Å². The average molecular weight is 312 g/mol. The van der Waals surface area contributed by atoms with E-state index in [1.807, 2.05) is 38.4 Å². The van der Waals surface area contributed by atoms with Gasteiger partial charge >= 0.3 is 0 Å². The van der Waals surface area contributed by atoms with Gasteiger partial charge in [-0.1, -0.05) is 6.07 Å². The monoisotopic (exact) mass is 312 g/mol. The predicted molar refractivity (Wildman–Crippen MR) is 85.5 cm³/mol. The Hall–Kier alpha value is -2.89. The molecule has 0 bridgehead atoms. The van der Waals surface area contributed by atoms with Crippen LogP contribution < -0.4 is 5.32 Å². The molecule has 1 N–H and O–H groups in total. The van der Waals surface area contributed by atoms with E-state index in [1.54, 1.807) is 21.4 Å². The molecule has 5 nitrogen and oxygen atoms in total. The zero-order valence-electron chi connectivity index (χ0n) is 12.9. The fraction of sp³-hybridized carbons (Fsp3) is 0.176. The van der Waals surface area contributed by atoms with E-state index in [1.165, 1.54) is 18.3 Å². The smallest absolute Gasteiger partial charge is 0.256 e. The van der Waals surface area contributed by atoms with Crippen molar-refractivity contribution in [3.63, 3.8) is 0 Å². The van der Waals surface area contributed by atoms with E-state index >= 15 is 0 Å². The lowest BCUT2D eigenvalue weighted by Crippen LogP contribution is -2.30. The number of carbonyl (C=O) groups is 1. The van der Waals surface area contributed by atoms with Crippen molar-refractivity contribution in [2.45, 2.75) is 19.9 Å². The molecule has 0 aliphatic rings. The molecule has 3 aromatic rings. The first-order chi connectivity index (χ1) is 11.1. The second-order valence-electron chi connectivity index (χ2n) is 5.49. The molecular formula is C17H17FN4O. The third-order valence-corrected chi connectivity index (χ3v) is 3.31. The van der Waals surface area contributed by atoms with Crippen LogP contribution in [0.3, 0.4) is 0 Å². The van der Waals surface area contributed by atoms with Gasteiger partial charge in [0, 0.05) is 18.4 Å². The van der Waals surface area contributed by atoms with Crippen LogP contribution in [0, 0.1) is 5.82 Å². The Morgan fingerprint density at radius 2 is 1.96 bits per heavy atom. The summed E-state index contributed by atoms with van der Waals surface area (Å²) in [6.07, 6.45) is 5.13. The van der Waals surface area contributed by atoms with E-state index in [9.17, 15) is 9.18 Å². The third kappa shape index (κ3) is 3.01. The van der Waals surface area contributed by atoms with Crippen LogP contribution in [0.4, 0.5) is 4.39 Å². The normalized spacial score (nSPS) is 11.0. The summed E-state index contributed by atoms with van der Waals surface area (Å²) in [5.74, 6) is -0.00487. The maximum atomic E-state index is 13.5. The fourth-order valence-electron chi connectivity index (χ4n) is 2.36. The largest absolute Gasteiger partial charge is 0.350 e. The summed E-state index contributed by atoms with van der Waals surface area (Å²) in [6.45, 7) is 3.79. The van der Waals surface area contributed by atoms with E-state index in [0.29, 0.717) is 17.1 Å². The zero-order valence-corrected chi connectivity index (χ0v) is 12.9. The molecule has 0 saturated carbocycles. The summed E-state index contributed by atoms with van der Waals surface area (Å²) in [6, 6.07) is 9.82. The molecule has 0 fully saturated rings. The van der Waals surface area contributed by atoms with Gasteiger partial charge in [-0.15, -0.1) is 0 Å². The molecule has 0 saturated heterocycles. The van der Waals surface area contributed by atoms with Crippen LogP contribution in [0.1, 0.15) is 24.2 Å². The summed E-state index contributed by atoms with van der Waals surface area (Å²) < 4.78 is 16.9. The van der Waals surface area contributed by atoms with Crippen molar-refractivity contribution in [1.82, 2.24) is 19.7 Å². The minimum absolute atomic E-state index is 0.0116. The average Bonchev–Trinajstić information content (AvgIpc) is 3.15. The zero-order chi connectivity index (χ0) is 16.4. The van der Waals surface area contributed by atoms with Gasteiger partial charge in [0.1, 0.15) is 11.4 Å². The van der Waals surface area contributed by atoms with Gasteiger partial charge < -0.3 is 9.88 Å². The molecular weight excluding hydrogens is 295 g/mol. The maximum absolute atomic E-state index is 13.5. The second kappa shape index (κ2) is 6.08. The number of hydrogen-bond acceptors (Lipinski definition) is 2. The van der Waals surface area contributed by atoms with Gasteiger partial charge in [-0.3, -0.25) is 4.79 Å². The van der Waals surface area contributed by atoms with E-state index in [4.69, 9.17) is 0 Å². The molecule has 3 rings (SSSR count). The first kappa shape index (κ1) is 15.0. The number of rotatable bonds is 4. The molecule has 23 heavy (non-hydrogen) atoms. The van der Waals surface area contributed by atoms with Gasteiger partial charge in [-0.25, -0.2) is 9.07 Å². The van der Waals surface area contributed by atoms with Gasteiger partial charge in [0.2, 0.25) is 0 Å². The number of hydrogen-bond donors (Lipinski definition) is 1. The standard InChI is InChI=1S/C17H17FN4O/c1-12(2)20-16(23)15-11-19-22(14-7-5-6-13(18)10-14)17(15)21-8-3-4-9-21/h3-12H,1-2H3,(H,20,23). The number of carbonyl (C=O) groups excluding carboxylic acids is 1. The number of aromatic nitrogens is 3. The number of nitrogens with one attached hydrogen (secondary N) is 1. The SMILES string of the molecule is CC(C)NC(=O)c1cnn(-c2cccc(F)c2)c1-n1cccc1. The highest BCUT2D eigenvalue weighted by Crippen LogP contribution is 2.20. The van der Waals surface area contributed by atoms with Crippen molar-refractivity contribution in [2.75, 3.05) is 0 Å². The third-order valence-electron chi connectivity index (χ3n) is 3.31. The Balaban J connectivity index is 2.14. The Morgan fingerprint density at radius 3 is 2.61 bits per heavy atom. The first-order valence-corrected chi connectivity index (χ1v) is 7.34. The Kier molecular flexibility index (Phi) is 3.97. The topological polar surface area (TPSA) is 51.9 Å². The molecule has 118 valence electrons. The van der Waals surface area contributed by atoms with Crippen molar-refractivity contribution >= 4 is 5.91 Å². The van der Waals surface area contributed by atoms with Crippen LogP contribution in [-0.2, 0) is 0 Å². The molecule has 1 amide bonds. The Bertz CT molecular complexity index is 821. The van der Waals surface area contributed by atoms with E-state index in [-0.39, 0.29) is 17.8 Å². The Morgan fingerprint density at radius 1 is 1.22 bits per heavy atom. The van der Waals surface area contributed by atoms with Gasteiger partial charge in [0.15, 0.2) is 5.82 Å². The number of halogens is 1. The highest BCUT2D eigenvalue weighted by atomic mass is 19.1. The van der Waals surface area contributed by atoms with E-state index in [0.717, 1.165) is 0 Å². The molecule has 0 spiro atoms. The minimum Gasteiger partial charge on any atom is -0.350 e. The quantitative estimate of drug-likeness (QED) is 0.805. The van der Waals surface area contributed by atoms with E-state index < -0.39 is 0 Å². The summed E-state index contributed by atoms with van der Waals surface area (Å²) >= 11 is 0. The van der Waals surface area contributed by atoms with Crippen molar-refractivity contribution in [3.05, 3.63) is 66.4 Å². The van der Waals surface area contributed by atoms with Crippen LogP contribution in [0.25, 0.3) is 11.5 Å². The molecule has 2 aromatic heterocycles. The molecule has 0 radical (unpaired) electrons. The molecule has 0 unspecified atom stereocenters. The van der Waals surface area contributed by atoms with Crippen LogP contribution in [0.2, 0.25) is 0 Å². The summed E-state index contributed by atoms with van der Waals surface area (Å²) in [4.78, 5) is 12.4. The Labute approximate surface area is 133 Å². The summed E-state index contributed by atoms with van der Waals surface area (Å²) in [5, 5.41) is 7.14. The highest BCUT2D eigenvalue weighted by molar-refractivity contribution is 5.97. The maximum Gasteiger partial charge on any atom is 0.256 e. The van der Waals surface area contributed by atoms with Crippen molar-refractivity contribution in [1.29, 1.82) is 0 Å². The first-order valence-electron chi connectivity index (χ1n) is 7.34. The predicted octanol–water partition coefficient (Wildman–Crippen LogP) is 2.94. The summed E-state index contributed by atoms with van der Waals surface area (Å²) in [5.41, 5.74) is 0.983. The molecule has 0 atom stereocenters. The number of nitrogens with zero attached hydrogens (tertiary/aromatic N) is 3. The van der Waals surface area contributed by atoms with Crippen LogP contribution in [0.5, 0.6) is 0 Å². The van der Waals surface area contributed by atoms with Crippen molar-refractivity contribution in [2.24, 2.45) is 0 Å². The van der Waals surface area contributed by atoms with Crippen molar-refractivity contribution < 1.29 is 9.18 Å². The minimum atomic E-state index is -0.357. The van der Waals surface area contributed by atoms with Gasteiger partial charge in [0.25, 0.3) is 5.91 Å². The lowest BCUT2D eigenvalue weighted by molar-refractivity contribution is 0.0943. The van der Waals surface area contributed by atoms with Crippen LogP contribution in [-0.4, -0.2) is 26.3 Å². The highest BCUT2D eigenvalue weighted by Gasteiger charge is 2.20. The lowest BCUT2D eigenvalue weighted by atomic mass is 10.2. The molecule has 2 heterocycles. The van der Waals surface area contributed by atoms with E-state index in [2.05, 4.69) is 10.4 Å². The fourth-order valence-corrected chi connectivity index (χ4v) is 2.36. The van der Waals surface area contributed by atoms with Crippen molar-refractivity contribution in [3.8, 4) is 11.5 Å². The number of benzene rings is 1. The second-order valence-corrected chi connectivity index (χ2v) is 5.49. The summed E-state index contributed by atoms with van der Waals surface area (Å²) in [7, 11) is 0. The lowest BCUT2D eigenvalue weighted by Gasteiger charge is -2.12. The van der Waals surface area contributed by atoms with Crippen LogP contribution >= 0.6 is 0 Å². The molecule has 0 aliphatic heterocycles. The van der Waals surface area contributed by atoms with Gasteiger partial charge in [-0.05, 0) is 44.2 Å². The van der Waals surface area contributed by atoms with Gasteiger partial charge in [0.05, 0.1) is 11.9 Å². The molecule has 0 aliphatic carbocycles. The van der Waals surface area contributed by atoms with Crippen LogP contribution in [0.15, 0.2) is 55.0 Å². The molecule has 6 heteroatoms. The molecule has 1 aromatic carbocycles. The number of amides is 1.